The van der Waals surface area contributed by atoms with E-state index < -0.39 is 0 Å². The van der Waals surface area contributed by atoms with Gasteiger partial charge in [0, 0.05) is 24.2 Å². The second-order valence-electron chi connectivity index (χ2n) is 5.16. The predicted molar refractivity (Wildman–Crippen MR) is 81.5 cm³/mol. The van der Waals surface area contributed by atoms with Gasteiger partial charge in [0.1, 0.15) is 5.75 Å². The van der Waals surface area contributed by atoms with E-state index in [1.807, 2.05) is 18.2 Å². The molecule has 1 saturated heterocycles. The van der Waals surface area contributed by atoms with Crippen LogP contribution in [0.25, 0.3) is 0 Å². The van der Waals surface area contributed by atoms with E-state index in [-0.39, 0.29) is 11.8 Å². The van der Waals surface area contributed by atoms with Crippen LogP contribution in [0, 0.1) is 17.8 Å². The van der Waals surface area contributed by atoms with Crippen LogP contribution in [0.4, 0.5) is 0 Å². The first-order valence-corrected chi connectivity index (χ1v) is 7.01. The zero-order chi connectivity index (χ0) is 15.2. The molecule has 4 N–H and O–H groups in total. The minimum Gasteiger partial charge on any atom is -0.496 e. The number of carbonyl (C=O) groups excluding carboxylic acids is 1. The molecule has 0 saturated carbocycles. The lowest BCUT2D eigenvalue weighted by Crippen LogP contribution is -2.27. The average molecular weight is 287 g/mol. The van der Waals surface area contributed by atoms with Crippen molar-refractivity contribution in [3.8, 4) is 17.6 Å². The van der Waals surface area contributed by atoms with Gasteiger partial charge >= 0.3 is 0 Å². The summed E-state index contributed by atoms with van der Waals surface area (Å²) in [5.41, 5.74) is 12.7. The number of benzene rings is 1. The molecule has 0 bridgehead atoms. The highest BCUT2D eigenvalue weighted by Gasteiger charge is 2.26. The van der Waals surface area contributed by atoms with Gasteiger partial charge in [-0.25, -0.2) is 0 Å². The summed E-state index contributed by atoms with van der Waals surface area (Å²) in [6, 6.07) is 5.85. The van der Waals surface area contributed by atoms with E-state index >= 15 is 0 Å². The van der Waals surface area contributed by atoms with Crippen molar-refractivity contribution in [3.05, 3.63) is 29.3 Å². The molecule has 0 aromatic heterocycles. The third-order valence-electron chi connectivity index (χ3n) is 3.68. The molecule has 1 heterocycles. The van der Waals surface area contributed by atoms with Crippen LogP contribution < -0.4 is 16.2 Å². The monoisotopic (exact) mass is 287 g/mol. The molecule has 1 aromatic rings. The van der Waals surface area contributed by atoms with Crippen LogP contribution in [-0.2, 0) is 11.3 Å². The van der Waals surface area contributed by atoms with E-state index in [4.69, 9.17) is 16.2 Å². The molecule has 1 aromatic carbocycles. The maximum atomic E-state index is 11.2. The Morgan fingerprint density at radius 3 is 2.95 bits per heavy atom. The van der Waals surface area contributed by atoms with Crippen molar-refractivity contribution in [1.82, 2.24) is 4.90 Å². The summed E-state index contributed by atoms with van der Waals surface area (Å²) < 4.78 is 5.40. The highest BCUT2D eigenvalue weighted by Crippen LogP contribution is 2.24. The second kappa shape index (κ2) is 7.11. The van der Waals surface area contributed by atoms with Crippen molar-refractivity contribution in [2.45, 2.75) is 13.0 Å². The quantitative estimate of drug-likeness (QED) is 0.781. The van der Waals surface area contributed by atoms with Crippen LogP contribution in [0.3, 0.4) is 0 Å². The Hall–Kier alpha value is -2.03. The van der Waals surface area contributed by atoms with Gasteiger partial charge in [0.05, 0.1) is 19.6 Å². The highest BCUT2D eigenvalue weighted by atomic mass is 16.5. The molecule has 1 amide bonds. The average Bonchev–Trinajstić information content (AvgIpc) is 2.94. The highest BCUT2D eigenvalue weighted by molar-refractivity contribution is 5.77. The van der Waals surface area contributed by atoms with Gasteiger partial charge in [0.25, 0.3) is 0 Å². The van der Waals surface area contributed by atoms with Crippen molar-refractivity contribution in [1.29, 1.82) is 0 Å². The zero-order valence-corrected chi connectivity index (χ0v) is 12.3. The number of primary amides is 1. The van der Waals surface area contributed by atoms with Gasteiger partial charge in [0.15, 0.2) is 0 Å². The number of hydrogen-bond donors (Lipinski definition) is 2. The molecule has 1 atom stereocenters. The molecule has 1 unspecified atom stereocenters. The third-order valence-corrected chi connectivity index (χ3v) is 3.68. The van der Waals surface area contributed by atoms with E-state index in [0.717, 1.165) is 36.4 Å². The first kappa shape index (κ1) is 15.4. The summed E-state index contributed by atoms with van der Waals surface area (Å²) in [5.74, 6) is 6.44. The molecule has 21 heavy (non-hydrogen) atoms. The lowest BCUT2D eigenvalue weighted by molar-refractivity contribution is -0.121. The Bertz CT molecular complexity index is 575. The Balaban J connectivity index is 2.12. The van der Waals surface area contributed by atoms with Crippen molar-refractivity contribution >= 4 is 5.91 Å². The fourth-order valence-corrected chi connectivity index (χ4v) is 2.58. The first-order chi connectivity index (χ1) is 10.1. The van der Waals surface area contributed by atoms with Crippen molar-refractivity contribution in [3.63, 3.8) is 0 Å². The molecule has 0 aliphatic carbocycles. The number of likely N-dealkylation sites (tertiary alicyclic amines) is 1. The molecule has 0 spiro atoms. The summed E-state index contributed by atoms with van der Waals surface area (Å²) >= 11 is 0. The Morgan fingerprint density at radius 2 is 2.33 bits per heavy atom. The molecule has 1 aliphatic rings. The maximum Gasteiger partial charge on any atom is 0.221 e. The molecule has 0 radical (unpaired) electrons. The van der Waals surface area contributed by atoms with Crippen LogP contribution >= 0.6 is 0 Å². The number of hydrogen-bond acceptors (Lipinski definition) is 4. The Kier molecular flexibility index (Phi) is 5.20. The van der Waals surface area contributed by atoms with Crippen LogP contribution in [-0.4, -0.2) is 37.6 Å². The number of nitrogens with two attached hydrogens (primary N) is 2. The lowest BCUT2D eigenvalue weighted by Gasteiger charge is -2.17. The summed E-state index contributed by atoms with van der Waals surface area (Å²) in [7, 11) is 1.65. The molecular weight excluding hydrogens is 266 g/mol. The van der Waals surface area contributed by atoms with Gasteiger partial charge in [-0.15, -0.1) is 0 Å². The Morgan fingerprint density at radius 1 is 1.52 bits per heavy atom. The fraction of sp³-hybridized carbons (Fsp3) is 0.438. The molecule has 1 aliphatic heterocycles. The number of amides is 1. The molecule has 2 rings (SSSR count). The molecule has 5 heteroatoms. The van der Waals surface area contributed by atoms with Gasteiger partial charge in [0.2, 0.25) is 5.91 Å². The zero-order valence-electron chi connectivity index (χ0n) is 12.3. The summed E-state index contributed by atoms with van der Waals surface area (Å²) in [6.07, 6.45) is 0.824. The number of methoxy groups -OCH3 is 1. The summed E-state index contributed by atoms with van der Waals surface area (Å²) in [4.78, 5) is 13.5. The van der Waals surface area contributed by atoms with Gasteiger partial charge in [-0.3, -0.25) is 9.69 Å². The van der Waals surface area contributed by atoms with E-state index in [1.54, 1.807) is 7.11 Å². The minimum atomic E-state index is -0.216. The van der Waals surface area contributed by atoms with E-state index in [1.165, 1.54) is 0 Å². The van der Waals surface area contributed by atoms with E-state index in [2.05, 4.69) is 16.7 Å². The molecule has 5 nitrogen and oxygen atoms in total. The largest absolute Gasteiger partial charge is 0.496 e. The van der Waals surface area contributed by atoms with Crippen LogP contribution in [0.2, 0.25) is 0 Å². The molecule has 1 fully saturated rings. The lowest BCUT2D eigenvalue weighted by atomic mass is 10.1. The summed E-state index contributed by atoms with van der Waals surface area (Å²) in [6.45, 7) is 2.64. The third kappa shape index (κ3) is 3.97. The number of ether oxygens (including phenoxy) is 1. The topological polar surface area (TPSA) is 81.6 Å². The predicted octanol–water partition coefficient (Wildman–Crippen LogP) is 0.313. The number of rotatable bonds is 4. The minimum absolute atomic E-state index is 0.0452. The van der Waals surface area contributed by atoms with Gasteiger partial charge in [-0.1, -0.05) is 11.8 Å². The van der Waals surface area contributed by atoms with Gasteiger partial charge in [-0.2, -0.15) is 0 Å². The van der Waals surface area contributed by atoms with Crippen LogP contribution in [0.5, 0.6) is 5.75 Å². The van der Waals surface area contributed by atoms with Crippen molar-refractivity contribution < 1.29 is 9.53 Å². The smallest absolute Gasteiger partial charge is 0.221 e. The van der Waals surface area contributed by atoms with Crippen molar-refractivity contribution in [2.24, 2.45) is 17.4 Å². The standard InChI is InChI=1S/C16H21N3O2/c1-21-15-5-4-12(3-2-7-17)9-14(15)11-19-8-6-13(10-19)16(18)20/h4-5,9,13H,6-8,10-11,17H2,1H3,(H2,18,20). The van der Waals surface area contributed by atoms with Gasteiger partial charge in [-0.05, 0) is 31.2 Å². The number of carbonyl (C=O) groups is 1. The molecular formula is C16H21N3O2. The van der Waals surface area contributed by atoms with Gasteiger partial charge < -0.3 is 16.2 Å². The van der Waals surface area contributed by atoms with Crippen LogP contribution in [0.15, 0.2) is 18.2 Å². The van der Waals surface area contributed by atoms with Crippen LogP contribution in [0.1, 0.15) is 17.5 Å². The SMILES string of the molecule is COc1ccc(C#CCN)cc1CN1CCC(C(N)=O)C1. The van der Waals surface area contributed by atoms with E-state index in [9.17, 15) is 4.79 Å². The summed E-state index contributed by atoms with van der Waals surface area (Å²) in [5, 5.41) is 0. The fourth-order valence-electron chi connectivity index (χ4n) is 2.58. The Labute approximate surface area is 125 Å². The second-order valence-corrected chi connectivity index (χ2v) is 5.16. The van der Waals surface area contributed by atoms with E-state index in [0.29, 0.717) is 13.1 Å². The normalized spacial score (nSPS) is 18.1. The first-order valence-electron chi connectivity index (χ1n) is 7.01. The maximum absolute atomic E-state index is 11.2. The number of nitrogens with zero attached hydrogens (tertiary/aromatic N) is 1. The molecule has 112 valence electrons. The van der Waals surface area contributed by atoms with Crippen molar-refractivity contribution in [2.75, 3.05) is 26.7 Å².